The number of carbonyl (C=O) groups excluding carboxylic acids is 1. The SMILES string of the molecule is [CH2-]CCCCCC1SCC(=O)N1c1ccc(F)cc1.[Y]. The van der Waals surface area contributed by atoms with Gasteiger partial charge < -0.3 is 6.92 Å². The van der Waals surface area contributed by atoms with Crippen molar-refractivity contribution < 1.29 is 41.9 Å². The molecule has 1 aromatic rings. The van der Waals surface area contributed by atoms with Crippen molar-refractivity contribution in [1.29, 1.82) is 0 Å². The Morgan fingerprint density at radius 1 is 1.25 bits per heavy atom. The van der Waals surface area contributed by atoms with E-state index in [2.05, 4.69) is 6.92 Å². The normalized spacial score (nSPS) is 18.2. The molecule has 107 valence electrons. The van der Waals surface area contributed by atoms with Crippen molar-refractivity contribution in [1.82, 2.24) is 0 Å². The Bertz CT molecular complexity index is 426. The van der Waals surface area contributed by atoms with Gasteiger partial charge in [0.1, 0.15) is 5.82 Å². The largest absolute Gasteiger partial charge is 0.343 e. The number of thioether (sulfide) groups is 1. The van der Waals surface area contributed by atoms with Gasteiger partial charge >= 0.3 is 0 Å². The fraction of sp³-hybridized carbons (Fsp3) is 0.467. The summed E-state index contributed by atoms with van der Waals surface area (Å²) < 4.78 is 12.9. The predicted octanol–water partition coefficient (Wildman–Crippen LogP) is 4.01. The first-order valence-corrected chi connectivity index (χ1v) is 7.75. The van der Waals surface area contributed by atoms with Crippen LogP contribution in [0, 0.1) is 12.7 Å². The molecule has 0 aromatic heterocycles. The van der Waals surface area contributed by atoms with E-state index in [1.807, 2.05) is 4.90 Å². The molecule has 0 N–H and O–H groups in total. The van der Waals surface area contributed by atoms with E-state index in [1.54, 1.807) is 23.9 Å². The number of rotatable bonds is 6. The van der Waals surface area contributed by atoms with Crippen molar-refractivity contribution in [2.45, 2.75) is 37.5 Å². The standard InChI is InChI=1S/C15H19FNOS.Y/c1-2-3-4-5-6-15-17(14(18)11-19-15)13-9-7-12(16)8-10-13;/h7-10,15H,1-6,11H2;/q-1;. The fourth-order valence-corrected chi connectivity index (χ4v) is 3.46. The van der Waals surface area contributed by atoms with Gasteiger partial charge in [0.05, 0.1) is 11.1 Å². The number of amides is 1. The molecule has 1 atom stereocenters. The molecule has 1 unspecified atom stereocenters. The van der Waals surface area contributed by atoms with Gasteiger partial charge in [0.15, 0.2) is 0 Å². The van der Waals surface area contributed by atoms with E-state index in [9.17, 15) is 9.18 Å². The van der Waals surface area contributed by atoms with Crippen LogP contribution in [-0.2, 0) is 37.5 Å². The van der Waals surface area contributed by atoms with Crippen molar-refractivity contribution in [3.05, 3.63) is 37.0 Å². The van der Waals surface area contributed by atoms with Gasteiger partial charge in [0.25, 0.3) is 0 Å². The van der Waals surface area contributed by atoms with Crippen molar-refractivity contribution >= 4 is 23.4 Å². The maximum absolute atomic E-state index is 12.9. The summed E-state index contributed by atoms with van der Waals surface area (Å²) in [6.07, 6.45) is 5.37. The van der Waals surface area contributed by atoms with Gasteiger partial charge in [0, 0.05) is 38.4 Å². The molecule has 1 aromatic carbocycles. The van der Waals surface area contributed by atoms with Crippen LogP contribution in [0.3, 0.4) is 0 Å². The van der Waals surface area contributed by atoms with Crippen LogP contribution in [0.1, 0.15) is 32.1 Å². The summed E-state index contributed by atoms with van der Waals surface area (Å²) in [7, 11) is 0. The molecule has 1 amide bonds. The molecule has 0 aliphatic carbocycles. The summed E-state index contributed by atoms with van der Waals surface area (Å²) >= 11 is 1.68. The quantitative estimate of drug-likeness (QED) is 0.558. The topological polar surface area (TPSA) is 20.3 Å². The predicted molar refractivity (Wildman–Crippen MR) is 78.6 cm³/mol. The van der Waals surface area contributed by atoms with E-state index in [0.717, 1.165) is 37.8 Å². The van der Waals surface area contributed by atoms with Gasteiger partial charge in [-0.1, -0.05) is 19.3 Å². The molecule has 0 bridgehead atoms. The zero-order valence-electron chi connectivity index (χ0n) is 11.6. The Morgan fingerprint density at radius 3 is 2.60 bits per heavy atom. The maximum atomic E-state index is 12.9. The Labute approximate surface area is 149 Å². The van der Waals surface area contributed by atoms with Crippen molar-refractivity contribution in [3.63, 3.8) is 0 Å². The van der Waals surface area contributed by atoms with Crippen LogP contribution in [0.2, 0.25) is 0 Å². The third-order valence-corrected chi connectivity index (χ3v) is 4.51. The summed E-state index contributed by atoms with van der Waals surface area (Å²) in [5.41, 5.74) is 0.804. The smallest absolute Gasteiger partial charge is 0.238 e. The average Bonchev–Trinajstić information content (AvgIpc) is 2.77. The van der Waals surface area contributed by atoms with Crippen LogP contribution in [0.25, 0.3) is 0 Å². The average molecular weight is 369 g/mol. The van der Waals surface area contributed by atoms with Crippen molar-refractivity contribution in [2.24, 2.45) is 0 Å². The number of hydrogen-bond donors (Lipinski definition) is 0. The van der Waals surface area contributed by atoms with Crippen molar-refractivity contribution in [2.75, 3.05) is 10.7 Å². The fourth-order valence-electron chi connectivity index (χ4n) is 2.27. The summed E-state index contributed by atoms with van der Waals surface area (Å²) in [6, 6.07) is 6.18. The van der Waals surface area contributed by atoms with Gasteiger partial charge in [0.2, 0.25) is 5.91 Å². The van der Waals surface area contributed by atoms with Crippen LogP contribution < -0.4 is 4.90 Å². The van der Waals surface area contributed by atoms with Crippen LogP contribution in [0.4, 0.5) is 10.1 Å². The first-order chi connectivity index (χ1) is 9.22. The Balaban J connectivity index is 0.00000200. The summed E-state index contributed by atoms with van der Waals surface area (Å²) in [6.45, 7) is 3.83. The van der Waals surface area contributed by atoms with Gasteiger partial charge in [-0.3, -0.25) is 9.69 Å². The molecule has 2 nitrogen and oxygen atoms in total. The van der Waals surface area contributed by atoms with Crippen LogP contribution in [0.5, 0.6) is 0 Å². The number of nitrogens with zero attached hydrogens (tertiary/aromatic N) is 1. The van der Waals surface area contributed by atoms with Crippen LogP contribution in [0.15, 0.2) is 24.3 Å². The molecule has 1 radical (unpaired) electrons. The second kappa shape index (κ2) is 9.16. The summed E-state index contributed by atoms with van der Waals surface area (Å²) in [5, 5.41) is 0.197. The summed E-state index contributed by atoms with van der Waals surface area (Å²) in [5.74, 6) is 0.381. The van der Waals surface area contributed by atoms with E-state index in [4.69, 9.17) is 0 Å². The maximum Gasteiger partial charge on any atom is 0.238 e. The van der Waals surface area contributed by atoms with E-state index in [1.165, 1.54) is 12.1 Å². The monoisotopic (exact) mass is 369 g/mol. The van der Waals surface area contributed by atoms with Gasteiger partial charge in [-0.25, -0.2) is 4.39 Å². The van der Waals surface area contributed by atoms with Crippen molar-refractivity contribution in [3.8, 4) is 0 Å². The summed E-state index contributed by atoms with van der Waals surface area (Å²) in [4.78, 5) is 13.8. The third kappa shape index (κ3) is 4.82. The second-order valence-corrected chi connectivity index (χ2v) is 5.87. The number of hydrogen-bond acceptors (Lipinski definition) is 2. The molecule has 20 heavy (non-hydrogen) atoms. The van der Waals surface area contributed by atoms with E-state index in [0.29, 0.717) is 5.75 Å². The second-order valence-electron chi connectivity index (χ2n) is 4.71. The van der Waals surface area contributed by atoms with Gasteiger partial charge in [-0.05, 0) is 30.7 Å². The Hall–Kier alpha value is 0.0739. The van der Waals surface area contributed by atoms with Crippen LogP contribution in [-0.4, -0.2) is 17.0 Å². The molecule has 0 spiro atoms. The molecular weight excluding hydrogens is 350 g/mol. The van der Waals surface area contributed by atoms with E-state index < -0.39 is 0 Å². The van der Waals surface area contributed by atoms with Gasteiger partial charge in [-0.2, -0.15) is 6.42 Å². The number of anilines is 1. The molecule has 5 heteroatoms. The zero-order valence-corrected chi connectivity index (χ0v) is 15.2. The molecule has 1 heterocycles. The minimum Gasteiger partial charge on any atom is -0.343 e. The molecule has 0 saturated carbocycles. The molecule has 1 fully saturated rings. The minimum absolute atomic E-state index is 0. The minimum atomic E-state index is -0.268. The zero-order chi connectivity index (χ0) is 13.7. The van der Waals surface area contributed by atoms with Crippen LogP contribution >= 0.6 is 11.8 Å². The number of benzene rings is 1. The molecule has 1 saturated heterocycles. The number of carbonyl (C=O) groups is 1. The first kappa shape index (κ1) is 18.1. The number of unbranched alkanes of at least 4 members (excludes halogenated alkanes) is 3. The van der Waals surface area contributed by atoms with Gasteiger partial charge in [-0.15, -0.1) is 11.8 Å². The Kier molecular flexibility index (Phi) is 8.31. The number of halogens is 1. The molecule has 1 aliphatic rings. The van der Waals surface area contributed by atoms with E-state index >= 15 is 0 Å². The molecular formula is C15H19FNOSY-. The van der Waals surface area contributed by atoms with E-state index in [-0.39, 0.29) is 49.8 Å². The molecule has 1 aliphatic heterocycles. The third-order valence-electron chi connectivity index (χ3n) is 3.26. The molecule has 2 rings (SSSR count). The first-order valence-electron chi connectivity index (χ1n) is 6.71. The Morgan fingerprint density at radius 2 is 1.95 bits per heavy atom.